The monoisotopic (exact) mass is 192 g/mol. The topological polar surface area (TPSA) is 64.7 Å². The number of hydrogen-bond donors (Lipinski definition) is 1. The fourth-order valence-corrected chi connectivity index (χ4v) is 1.00. The van der Waals surface area contributed by atoms with Crippen LogP contribution in [0.25, 0.3) is 0 Å². The summed E-state index contributed by atoms with van der Waals surface area (Å²) >= 11 is 11.0. The summed E-state index contributed by atoms with van der Waals surface area (Å²) in [6.45, 7) is 0.469. The Balaban J connectivity index is 2.89. The van der Waals surface area contributed by atoms with Gasteiger partial charge in [0.05, 0.1) is 0 Å². The molecule has 6 heteroatoms. The molecule has 0 bridgehead atoms. The van der Waals surface area contributed by atoms with E-state index >= 15 is 0 Å². The second kappa shape index (κ2) is 3.80. The van der Waals surface area contributed by atoms with Gasteiger partial charge in [-0.2, -0.15) is 4.98 Å². The molecule has 1 rings (SSSR count). The summed E-state index contributed by atoms with van der Waals surface area (Å²) in [4.78, 5) is 11.2. The summed E-state index contributed by atoms with van der Waals surface area (Å²) in [5.74, 6) is 0.525. The molecule has 0 amide bonds. The minimum absolute atomic E-state index is 0.105. The van der Waals surface area contributed by atoms with E-state index in [1.54, 1.807) is 0 Å². The van der Waals surface area contributed by atoms with Gasteiger partial charge in [-0.3, -0.25) is 0 Å². The minimum Gasteiger partial charge on any atom is -0.330 e. The van der Waals surface area contributed by atoms with Gasteiger partial charge in [-0.1, -0.05) is 0 Å². The van der Waals surface area contributed by atoms with E-state index in [2.05, 4.69) is 15.0 Å². The Morgan fingerprint density at radius 1 is 1.09 bits per heavy atom. The Kier molecular flexibility index (Phi) is 2.99. The van der Waals surface area contributed by atoms with Crippen LogP contribution < -0.4 is 5.73 Å². The fourth-order valence-electron chi connectivity index (χ4n) is 0.605. The first-order valence-electron chi connectivity index (χ1n) is 2.98. The van der Waals surface area contributed by atoms with Crippen molar-refractivity contribution in [1.29, 1.82) is 0 Å². The molecule has 0 aliphatic rings. The second-order valence-corrected chi connectivity index (χ2v) is 2.50. The van der Waals surface area contributed by atoms with E-state index in [4.69, 9.17) is 28.9 Å². The van der Waals surface area contributed by atoms with Gasteiger partial charge in [0, 0.05) is 6.42 Å². The molecular formula is C5H6Cl2N4. The SMILES string of the molecule is NCCc1nc(Cl)nc(Cl)n1. The van der Waals surface area contributed by atoms with Crippen LogP contribution in [0.4, 0.5) is 0 Å². The molecular weight excluding hydrogens is 187 g/mol. The van der Waals surface area contributed by atoms with Crippen molar-refractivity contribution >= 4 is 23.2 Å². The van der Waals surface area contributed by atoms with Gasteiger partial charge in [-0.25, -0.2) is 9.97 Å². The molecule has 0 fully saturated rings. The molecule has 4 nitrogen and oxygen atoms in total. The Hall–Kier alpha value is -0.450. The molecule has 0 spiro atoms. The molecule has 0 unspecified atom stereocenters. The Bertz CT molecular complexity index is 232. The highest BCUT2D eigenvalue weighted by molar-refractivity contribution is 6.30. The predicted molar refractivity (Wildman–Crippen MR) is 42.6 cm³/mol. The lowest BCUT2D eigenvalue weighted by atomic mass is 10.4. The molecule has 2 N–H and O–H groups in total. The molecule has 0 atom stereocenters. The standard InChI is InChI=1S/C5H6Cl2N4/c6-4-9-3(1-2-8)10-5(7)11-4/h1-2,8H2. The summed E-state index contributed by atoms with van der Waals surface area (Å²) in [6, 6.07) is 0. The van der Waals surface area contributed by atoms with Gasteiger partial charge in [0.1, 0.15) is 5.82 Å². The third-order valence-electron chi connectivity index (χ3n) is 0.995. The molecule has 1 heterocycles. The highest BCUT2D eigenvalue weighted by Crippen LogP contribution is 2.05. The van der Waals surface area contributed by atoms with Crippen molar-refractivity contribution in [2.24, 2.45) is 5.73 Å². The summed E-state index contributed by atoms with van der Waals surface area (Å²) in [7, 11) is 0. The van der Waals surface area contributed by atoms with E-state index in [9.17, 15) is 0 Å². The Labute approximate surface area is 73.8 Å². The summed E-state index contributed by atoms with van der Waals surface area (Å²) in [5, 5.41) is 0.210. The number of nitrogens with two attached hydrogens (primary N) is 1. The Morgan fingerprint density at radius 2 is 1.64 bits per heavy atom. The third kappa shape index (κ3) is 2.57. The van der Waals surface area contributed by atoms with Crippen LogP contribution in [0, 0.1) is 0 Å². The summed E-state index contributed by atoms with van der Waals surface area (Å²) < 4.78 is 0. The highest BCUT2D eigenvalue weighted by Gasteiger charge is 2.00. The number of halogens is 2. The molecule has 0 saturated carbocycles. The van der Waals surface area contributed by atoms with Crippen molar-refractivity contribution in [2.75, 3.05) is 6.54 Å². The van der Waals surface area contributed by atoms with Gasteiger partial charge < -0.3 is 5.73 Å². The molecule has 60 valence electrons. The van der Waals surface area contributed by atoms with Crippen molar-refractivity contribution < 1.29 is 0 Å². The zero-order valence-corrected chi connectivity index (χ0v) is 7.10. The molecule has 0 aliphatic carbocycles. The first-order chi connectivity index (χ1) is 5.22. The fraction of sp³-hybridized carbons (Fsp3) is 0.400. The van der Waals surface area contributed by atoms with Crippen molar-refractivity contribution in [3.8, 4) is 0 Å². The summed E-state index contributed by atoms with van der Waals surface area (Å²) in [5.41, 5.74) is 5.27. The maximum atomic E-state index is 5.50. The number of hydrogen-bond acceptors (Lipinski definition) is 4. The van der Waals surface area contributed by atoms with Crippen molar-refractivity contribution in [2.45, 2.75) is 6.42 Å². The smallest absolute Gasteiger partial charge is 0.226 e. The first kappa shape index (κ1) is 8.64. The third-order valence-corrected chi connectivity index (χ3v) is 1.33. The van der Waals surface area contributed by atoms with Gasteiger partial charge in [0.2, 0.25) is 10.6 Å². The first-order valence-corrected chi connectivity index (χ1v) is 3.74. The molecule has 0 saturated heterocycles. The van der Waals surface area contributed by atoms with Gasteiger partial charge in [0.15, 0.2) is 0 Å². The zero-order chi connectivity index (χ0) is 8.27. The average molecular weight is 193 g/mol. The predicted octanol–water partition coefficient (Wildman–Crippen LogP) is 0.680. The lowest BCUT2D eigenvalue weighted by molar-refractivity contribution is 0.844. The maximum absolute atomic E-state index is 5.50. The van der Waals surface area contributed by atoms with Gasteiger partial charge in [-0.15, -0.1) is 0 Å². The van der Waals surface area contributed by atoms with Crippen LogP contribution in [-0.4, -0.2) is 21.5 Å². The maximum Gasteiger partial charge on any atom is 0.226 e. The van der Waals surface area contributed by atoms with E-state index in [1.165, 1.54) is 0 Å². The number of nitrogens with zero attached hydrogens (tertiary/aromatic N) is 3. The normalized spacial score (nSPS) is 10.1. The van der Waals surface area contributed by atoms with E-state index in [0.717, 1.165) is 0 Å². The van der Waals surface area contributed by atoms with Crippen LogP contribution in [0.3, 0.4) is 0 Å². The molecule has 0 aromatic carbocycles. The molecule has 11 heavy (non-hydrogen) atoms. The minimum atomic E-state index is 0.105. The highest BCUT2D eigenvalue weighted by atomic mass is 35.5. The van der Waals surface area contributed by atoms with E-state index in [-0.39, 0.29) is 10.6 Å². The van der Waals surface area contributed by atoms with Crippen LogP contribution in [0.1, 0.15) is 5.82 Å². The van der Waals surface area contributed by atoms with Gasteiger partial charge >= 0.3 is 0 Å². The number of rotatable bonds is 2. The molecule has 0 aliphatic heterocycles. The van der Waals surface area contributed by atoms with Gasteiger partial charge in [-0.05, 0) is 29.7 Å². The van der Waals surface area contributed by atoms with Crippen LogP contribution in [-0.2, 0) is 6.42 Å². The zero-order valence-electron chi connectivity index (χ0n) is 5.59. The summed E-state index contributed by atoms with van der Waals surface area (Å²) in [6.07, 6.45) is 0.558. The molecule has 1 aromatic rings. The lowest BCUT2D eigenvalue weighted by Gasteiger charge is -1.96. The van der Waals surface area contributed by atoms with E-state index in [1.807, 2.05) is 0 Å². The van der Waals surface area contributed by atoms with E-state index in [0.29, 0.717) is 18.8 Å². The largest absolute Gasteiger partial charge is 0.330 e. The molecule has 1 aromatic heterocycles. The molecule has 0 radical (unpaired) electrons. The van der Waals surface area contributed by atoms with E-state index < -0.39 is 0 Å². The van der Waals surface area contributed by atoms with Crippen LogP contribution in [0.2, 0.25) is 10.6 Å². The van der Waals surface area contributed by atoms with Crippen molar-refractivity contribution in [1.82, 2.24) is 15.0 Å². The second-order valence-electron chi connectivity index (χ2n) is 1.83. The van der Waals surface area contributed by atoms with Crippen LogP contribution >= 0.6 is 23.2 Å². The van der Waals surface area contributed by atoms with Crippen LogP contribution in [0.15, 0.2) is 0 Å². The quantitative estimate of drug-likeness (QED) is 0.749. The van der Waals surface area contributed by atoms with Crippen molar-refractivity contribution in [3.63, 3.8) is 0 Å². The number of aromatic nitrogens is 3. The van der Waals surface area contributed by atoms with Crippen LogP contribution in [0.5, 0.6) is 0 Å². The Morgan fingerprint density at radius 3 is 2.09 bits per heavy atom. The van der Waals surface area contributed by atoms with Gasteiger partial charge in [0.25, 0.3) is 0 Å². The lowest BCUT2D eigenvalue weighted by Crippen LogP contribution is -2.07. The van der Waals surface area contributed by atoms with Crippen molar-refractivity contribution in [3.05, 3.63) is 16.4 Å². The average Bonchev–Trinajstić information content (AvgIpc) is 1.85.